The van der Waals surface area contributed by atoms with Gasteiger partial charge in [0.1, 0.15) is 0 Å². The van der Waals surface area contributed by atoms with E-state index in [1.54, 1.807) is 0 Å². The van der Waals surface area contributed by atoms with Crippen molar-refractivity contribution in [3.05, 3.63) is 82.9 Å². The standard InChI is InChI=1S/C23H26N4S/c1-5-26-16(3)14-19(17(26)4)22-21(20-11-6-7-12-24-20)25-23(28)27(22)18-10-8-9-15(2)13-18/h6-14,21-22H,5H2,1-4H3,(H,25,28)/t21-,22+/m1/s1. The minimum Gasteiger partial charge on any atom is -0.351 e. The summed E-state index contributed by atoms with van der Waals surface area (Å²) in [5.41, 5.74) is 7.20. The van der Waals surface area contributed by atoms with Gasteiger partial charge < -0.3 is 14.8 Å². The number of thiocarbonyl (C=S) groups is 1. The summed E-state index contributed by atoms with van der Waals surface area (Å²) in [6, 6.07) is 17.0. The molecule has 1 aliphatic rings. The van der Waals surface area contributed by atoms with E-state index in [-0.39, 0.29) is 12.1 Å². The highest BCUT2D eigenvalue weighted by atomic mass is 32.1. The van der Waals surface area contributed by atoms with Crippen LogP contribution in [0.15, 0.2) is 54.7 Å². The SMILES string of the molecule is CCn1c(C)cc([C@H]2[C@@H](c3ccccn3)NC(=S)N2c2cccc(C)c2)c1C. The summed E-state index contributed by atoms with van der Waals surface area (Å²) in [6.45, 7) is 9.64. The number of aromatic nitrogens is 2. The Labute approximate surface area is 172 Å². The van der Waals surface area contributed by atoms with E-state index in [4.69, 9.17) is 12.2 Å². The topological polar surface area (TPSA) is 33.1 Å². The van der Waals surface area contributed by atoms with Crippen LogP contribution in [-0.2, 0) is 6.54 Å². The summed E-state index contributed by atoms with van der Waals surface area (Å²) in [5.74, 6) is 0. The van der Waals surface area contributed by atoms with Crippen LogP contribution in [0.3, 0.4) is 0 Å². The molecule has 0 amide bonds. The molecule has 1 fully saturated rings. The number of hydrogen-bond donors (Lipinski definition) is 1. The second kappa shape index (κ2) is 7.40. The van der Waals surface area contributed by atoms with Gasteiger partial charge in [-0.1, -0.05) is 18.2 Å². The average Bonchev–Trinajstić information content (AvgIpc) is 3.18. The number of aryl methyl sites for hydroxylation is 2. The maximum Gasteiger partial charge on any atom is 0.174 e. The molecule has 144 valence electrons. The number of pyridine rings is 1. The van der Waals surface area contributed by atoms with Crippen LogP contribution in [0.1, 0.15) is 47.2 Å². The lowest BCUT2D eigenvalue weighted by molar-refractivity contribution is 0.563. The zero-order valence-electron chi connectivity index (χ0n) is 16.8. The Hall–Kier alpha value is -2.66. The molecule has 3 aromatic rings. The van der Waals surface area contributed by atoms with Gasteiger partial charge in [-0.15, -0.1) is 0 Å². The second-order valence-corrected chi connectivity index (χ2v) is 7.79. The van der Waals surface area contributed by atoms with E-state index in [1.165, 1.54) is 22.5 Å². The molecule has 0 saturated carbocycles. The number of benzene rings is 1. The van der Waals surface area contributed by atoms with Crippen LogP contribution in [0.4, 0.5) is 5.69 Å². The molecule has 4 rings (SSSR count). The quantitative estimate of drug-likeness (QED) is 0.635. The molecule has 0 aliphatic carbocycles. The lowest BCUT2D eigenvalue weighted by Gasteiger charge is -2.28. The van der Waals surface area contributed by atoms with Gasteiger partial charge >= 0.3 is 0 Å². The van der Waals surface area contributed by atoms with Crippen molar-refractivity contribution < 1.29 is 0 Å². The molecular formula is C23H26N4S. The molecule has 0 bridgehead atoms. The van der Waals surface area contributed by atoms with Gasteiger partial charge in [-0.2, -0.15) is 0 Å². The summed E-state index contributed by atoms with van der Waals surface area (Å²) in [4.78, 5) is 6.89. The van der Waals surface area contributed by atoms with Crippen molar-refractivity contribution in [2.75, 3.05) is 4.90 Å². The number of rotatable bonds is 4. The van der Waals surface area contributed by atoms with Gasteiger partial charge in [0.25, 0.3) is 0 Å². The van der Waals surface area contributed by atoms with Crippen LogP contribution in [-0.4, -0.2) is 14.7 Å². The summed E-state index contributed by atoms with van der Waals surface area (Å²) in [5, 5.41) is 4.29. The van der Waals surface area contributed by atoms with E-state index in [0.717, 1.165) is 23.0 Å². The zero-order valence-corrected chi connectivity index (χ0v) is 17.6. The van der Waals surface area contributed by atoms with Gasteiger partial charge in [-0.25, -0.2) is 0 Å². The average molecular weight is 391 g/mol. The van der Waals surface area contributed by atoms with Crippen molar-refractivity contribution in [2.45, 2.75) is 46.3 Å². The normalized spacial score (nSPS) is 19.1. The largest absolute Gasteiger partial charge is 0.351 e. The van der Waals surface area contributed by atoms with Gasteiger partial charge in [0, 0.05) is 29.8 Å². The molecule has 2 aromatic heterocycles. The predicted molar refractivity (Wildman–Crippen MR) is 119 cm³/mol. The fraction of sp³-hybridized carbons (Fsp3) is 0.304. The predicted octanol–water partition coefficient (Wildman–Crippen LogP) is 5.01. The molecule has 0 unspecified atom stereocenters. The highest BCUT2D eigenvalue weighted by Crippen LogP contribution is 2.43. The highest BCUT2D eigenvalue weighted by molar-refractivity contribution is 7.80. The van der Waals surface area contributed by atoms with Crippen LogP contribution in [0.25, 0.3) is 0 Å². The second-order valence-electron chi connectivity index (χ2n) is 7.41. The molecule has 3 heterocycles. The smallest absolute Gasteiger partial charge is 0.174 e. The van der Waals surface area contributed by atoms with Gasteiger partial charge in [-0.05, 0) is 81.4 Å². The van der Waals surface area contributed by atoms with Crippen molar-refractivity contribution in [1.29, 1.82) is 0 Å². The number of hydrogen-bond acceptors (Lipinski definition) is 2. The third-order valence-corrected chi connectivity index (χ3v) is 5.94. The van der Waals surface area contributed by atoms with Crippen molar-refractivity contribution in [2.24, 2.45) is 0 Å². The lowest BCUT2D eigenvalue weighted by Crippen LogP contribution is -2.29. The maximum atomic E-state index is 5.81. The zero-order chi connectivity index (χ0) is 19.8. The lowest BCUT2D eigenvalue weighted by atomic mass is 9.96. The summed E-state index contributed by atoms with van der Waals surface area (Å²) in [7, 11) is 0. The molecule has 0 radical (unpaired) electrons. The summed E-state index contributed by atoms with van der Waals surface area (Å²) >= 11 is 5.81. The maximum absolute atomic E-state index is 5.81. The van der Waals surface area contributed by atoms with E-state index in [2.05, 4.69) is 83.9 Å². The minimum absolute atomic E-state index is 0.0000170. The first kappa shape index (κ1) is 18.7. The first-order chi connectivity index (χ1) is 13.5. The number of nitrogens with zero attached hydrogens (tertiary/aromatic N) is 3. The van der Waals surface area contributed by atoms with Crippen LogP contribution in [0.5, 0.6) is 0 Å². The van der Waals surface area contributed by atoms with Crippen molar-refractivity contribution in [1.82, 2.24) is 14.9 Å². The molecule has 0 spiro atoms. The molecule has 5 heteroatoms. The Morgan fingerprint density at radius 3 is 2.54 bits per heavy atom. The van der Waals surface area contributed by atoms with E-state index >= 15 is 0 Å². The van der Waals surface area contributed by atoms with Crippen LogP contribution < -0.4 is 10.2 Å². The summed E-state index contributed by atoms with van der Waals surface area (Å²) in [6.07, 6.45) is 1.85. The van der Waals surface area contributed by atoms with Crippen LogP contribution >= 0.6 is 12.2 Å². The van der Waals surface area contributed by atoms with Crippen molar-refractivity contribution in [3.8, 4) is 0 Å². The van der Waals surface area contributed by atoms with Gasteiger partial charge in [0.15, 0.2) is 5.11 Å². The monoisotopic (exact) mass is 390 g/mol. The molecule has 1 aliphatic heterocycles. The van der Waals surface area contributed by atoms with Gasteiger partial charge in [-0.3, -0.25) is 4.98 Å². The van der Waals surface area contributed by atoms with Crippen LogP contribution in [0, 0.1) is 20.8 Å². The third kappa shape index (κ3) is 3.10. The Balaban J connectivity index is 1.89. The van der Waals surface area contributed by atoms with Gasteiger partial charge in [0.05, 0.1) is 17.8 Å². The van der Waals surface area contributed by atoms with E-state index in [9.17, 15) is 0 Å². The Morgan fingerprint density at radius 1 is 1.07 bits per heavy atom. The molecule has 1 aromatic carbocycles. The highest BCUT2D eigenvalue weighted by Gasteiger charge is 2.42. The fourth-order valence-corrected chi connectivity index (χ4v) is 4.69. The molecule has 1 N–H and O–H groups in total. The molecule has 2 atom stereocenters. The Bertz CT molecular complexity index is 1010. The first-order valence-electron chi connectivity index (χ1n) is 9.75. The molecule has 28 heavy (non-hydrogen) atoms. The first-order valence-corrected chi connectivity index (χ1v) is 10.2. The van der Waals surface area contributed by atoms with Crippen LogP contribution in [0.2, 0.25) is 0 Å². The Kier molecular flexibility index (Phi) is 4.94. The van der Waals surface area contributed by atoms with E-state index in [0.29, 0.717) is 0 Å². The third-order valence-electron chi connectivity index (χ3n) is 5.63. The molecular weight excluding hydrogens is 364 g/mol. The van der Waals surface area contributed by atoms with Crippen molar-refractivity contribution >= 4 is 23.0 Å². The molecule has 4 nitrogen and oxygen atoms in total. The Morgan fingerprint density at radius 2 is 1.89 bits per heavy atom. The summed E-state index contributed by atoms with van der Waals surface area (Å²) < 4.78 is 2.36. The molecule has 1 saturated heterocycles. The van der Waals surface area contributed by atoms with E-state index in [1.807, 2.05) is 18.3 Å². The minimum atomic E-state index is 0.0000170. The fourth-order valence-electron chi connectivity index (χ4n) is 4.34. The van der Waals surface area contributed by atoms with Gasteiger partial charge in [0.2, 0.25) is 0 Å². The van der Waals surface area contributed by atoms with E-state index < -0.39 is 0 Å². The van der Waals surface area contributed by atoms with Crippen molar-refractivity contribution in [3.63, 3.8) is 0 Å². The number of nitrogens with one attached hydrogen (secondary N) is 1. The number of anilines is 1.